The molecule has 0 bridgehead atoms. The van der Waals surface area contributed by atoms with Gasteiger partial charge in [0, 0.05) is 12.6 Å². The van der Waals surface area contributed by atoms with Crippen LogP contribution in [0.25, 0.3) is 11.3 Å². The fraction of sp³-hybridized carbons (Fsp3) is 0.200. The number of hydrogen-bond donors (Lipinski definition) is 1. The minimum Gasteiger partial charge on any atom is -0.496 e. The van der Waals surface area contributed by atoms with Gasteiger partial charge in [0.15, 0.2) is 5.69 Å². The van der Waals surface area contributed by atoms with E-state index in [1.54, 1.807) is 17.9 Å². The number of amides is 1. The maximum atomic E-state index is 12.6. The lowest BCUT2D eigenvalue weighted by Gasteiger charge is -2.13. The van der Waals surface area contributed by atoms with Gasteiger partial charge in [-0.2, -0.15) is 5.10 Å². The van der Waals surface area contributed by atoms with Crippen molar-refractivity contribution >= 4 is 5.91 Å². The number of carbonyl (C=O) groups excluding carboxylic acids is 1. The van der Waals surface area contributed by atoms with Crippen molar-refractivity contribution in [1.29, 1.82) is 0 Å². The molecule has 2 aromatic carbocycles. The number of carbonyl (C=O) groups is 1. The predicted molar refractivity (Wildman–Crippen MR) is 97.5 cm³/mol. The Hall–Kier alpha value is -3.08. The van der Waals surface area contributed by atoms with E-state index in [2.05, 4.69) is 10.4 Å². The average Bonchev–Trinajstić information content (AvgIpc) is 3.04. The van der Waals surface area contributed by atoms with Crippen molar-refractivity contribution in [3.63, 3.8) is 0 Å². The average molecular weight is 335 g/mol. The van der Waals surface area contributed by atoms with E-state index in [0.717, 1.165) is 22.6 Å². The molecule has 1 aromatic heterocycles. The quantitative estimate of drug-likeness (QED) is 0.775. The number of ether oxygens (including phenoxy) is 1. The molecule has 0 aliphatic carbocycles. The van der Waals surface area contributed by atoms with Crippen molar-refractivity contribution in [3.05, 3.63) is 71.9 Å². The van der Waals surface area contributed by atoms with Gasteiger partial charge in [-0.05, 0) is 30.7 Å². The minimum absolute atomic E-state index is 0.0922. The summed E-state index contributed by atoms with van der Waals surface area (Å²) in [6.07, 6.45) is 0. The molecule has 128 valence electrons. The van der Waals surface area contributed by atoms with Crippen LogP contribution in [-0.2, 0) is 7.05 Å². The summed E-state index contributed by atoms with van der Waals surface area (Å²) in [5.74, 6) is 0.545. The van der Waals surface area contributed by atoms with Crippen LogP contribution < -0.4 is 10.1 Å². The number of aromatic nitrogens is 2. The van der Waals surface area contributed by atoms with Gasteiger partial charge in [-0.15, -0.1) is 0 Å². The first-order chi connectivity index (χ1) is 12.1. The summed E-state index contributed by atoms with van der Waals surface area (Å²) in [5.41, 5.74) is 3.16. The Morgan fingerprint density at radius 1 is 1.12 bits per heavy atom. The van der Waals surface area contributed by atoms with Gasteiger partial charge >= 0.3 is 0 Å². The molecule has 0 radical (unpaired) electrons. The molecule has 3 rings (SSSR count). The van der Waals surface area contributed by atoms with Gasteiger partial charge in [-0.3, -0.25) is 9.48 Å². The van der Waals surface area contributed by atoms with E-state index in [-0.39, 0.29) is 11.9 Å². The van der Waals surface area contributed by atoms with E-state index in [4.69, 9.17) is 4.74 Å². The fourth-order valence-electron chi connectivity index (χ4n) is 2.78. The number of methoxy groups -OCH3 is 1. The van der Waals surface area contributed by atoms with Gasteiger partial charge in [-0.1, -0.05) is 42.5 Å². The van der Waals surface area contributed by atoms with Crippen molar-refractivity contribution < 1.29 is 9.53 Å². The molecule has 1 atom stereocenters. The highest BCUT2D eigenvalue weighted by Gasteiger charge is 2.18. The van der Waals surface area contributed by atoms with Gasteiger partial charge in [0.25, 0.3) is 5.91 Å². The first-order valence-electron chi connectivity index (χ1n) is 8.13. The zero-order valence-corrected chi connectivity index (χ0v) is 14.6. The van der Waals surface area contributed by atoms with Crippen molar-refractivity contribution in [1.82, 2.24) is 15.1 Å². The van der Waals surface area contributed by atoms with Crippen LogP contribution in [0.3, 0.4) is 0 Å². The summed E-state index contributed by atoms with van der Waals surface area (Å²) >= 11 is 0. The lowest BCUT2D eigenvalue weighted by Crippen LogP contribution is -2.27. The van der Waals surface area contributed by atoms with Crippen LogP contribution in [0.15, 0.2) is 60.7 Å². The normalized spacial score (nSPS) is 11.8. The maximum absolute atomic E-state index is 12.6. The fourth-order valence-corrected chi connectivity index (χ4v) is 2.78. The maximum Gasteiger partial charge on any atom is 0.272 e. The van der Waals surface area contributed by atoms with Crippen LogP contribution in [0.2, 0.25) is 0 Å². The monoisotopic (exact) mass is 335 g/mol. The third-order valence-corrected chi connectivity index (χ3v) is 4.14. The molecule has 5 heteroatoms. The second kappa shape index (κ2) is 7.21. The lowest BCUT2D eigenvalue weighted by molar-refractivity contribution is 0.0934. The Morgan fingerprint density at radius 2 is 1.80 bits per heavy atom. The standard InChI is InChI=1S/C20H21N3O2/c1-14(15-9-5-4-6-10-15)21-20(24)17-13-18(23(2)22-17)16-11-7-8-12-19(16)25-3/h4-14H,1-3H3,(H,21,24). The summed E-state index contributed by atoms with van der Waals surface area (Å²) in [7, 11) is 3.45. The predicted octanol–water partition coefficient (Wildman–Crippen LogP) is 3.59. The Kier molecular flexibility index (Phi) is 4.84. The molecule has 5 nitrogen and oxygen atoms in total. The summed E-state index contributed by atoms with van der Waals surface area (Å²) in [6, 6.07) is 19.2. The summed E-state index contributed by atoms with van der Waals surface area (Å²) < 4.78 is 7.10. The molecule has 1 unspecified atom stereocenters. The Labute approximate surface area is 147 Å². The number of hydrogen-bond acceptors (Lipinski definition) is 3. The summed E-state index contributed by atoms with van der Waals surface area (Å²) in [4.78, 5) is 12.6. The van der Waals surface area contributed by atoms with Crippen LogP contribution in [0.1, 0.15) is 29.0 Å². The molecule has 25 heavy (non-hydrogen) atoms. The smallest absolute Gasteiger partial charge is 0.272 e. The van der Waals surface area contributed by atoms with Crippen LogP contribution >= 0.6 is 0 Å². The van der Waals surface area contributed by atoms with Crippen molar-refractivity contribution in [2.45, 2.75) is 13.0 Å². The third-order valence-electron chi connectivity index (χ3n) is 4.14. The summed E-state index contributed by atoms with van der Waals surface area (Å²) in [6.45, 7) is 1.96. The highest BCUT2D eigenvalue weighted by molar-refractivity contribution is 5.93. The molecule has 3 aromatic rings. The van der Waals surface area contributed by atoms with Gasteiger partial charge in [0.2, 0.25) is 0 Å². The second-order valence-corrected chi connectivity index (χ2v) is 5.84. The van der Waals surface area contributed by atoms with Gasteiger partial charge < -0.3 is 10.1 Å². The van der Waals surface area contributed by atoms with E-state index < -0.39 is 0 Å². The van der Waals surface area contributed by atoms with Crippen molar-refractivity contribution in [3.8, 4) is 17.0 Å². The number of para-hydroxylation sites is 1. The third kappa shape index (κ3) is 3.55. The zero-order valence-electron chi connectivity index (χ0n) is 14.6. The summed E-state index contributed by atoms with van der Waals surface area (Å²) in [5, 5.41) is 7.35. The topological polar surface area (TPSA) is 56.1 Å². The van der Waals surface area contributed by atoms with E-state index in [9.17, 15) is 4.79 Å². The van der Waals surface area contributed by atoms with Gasteiger partial charge in [0.1, 0.15) is 5.75 Å². The molecule has 1 heterocycles. The lowest BCUT2D eigenvalue weighted by atomic mass is 10.1. The number of aryl methyl sites for hydroxylation is 1. The van der Waals surface area contributed by atoms with E-state index in [1.165, 1.54) is 0 Å². The molecule has 0 aliphatic heterocycles. The molecule has 1 N–H and O–H groups in total. The van der Waals surface area contributed by atoms with E-state index in [1.807, 2.05) is 68.6 Å². The van der Waals surface area contributed by atoms with Gasteiger partial charge in [0.05, 0.1) is 18.8 Å². The van der Waals surface area contributed by atoms with Crippen molar-refractivity contribution in [2.24, 2.45) is 7.05 Å². The second-order valence-electron chi connectivity index (χ2n) is 5.84. The molecule has 0 spiro atoms. The Bertz CT molecular complexity index is 872. The van der Waals surface area contributed by atoms with Crippen molar-refractivity contribution in [2.75, 3.05) is 7.11 Å². The van der Waals surface area contributed by atoms with Crippen LogP contribution in [0, 0.1) is 0 Å². The SMILES string of the molecule is COc1ccccc1-c1cc(C(=O)NC(C)c2ccccc2)nn1C. The number of rotatable bonds is 5. The molecule has 0 saturated heterocycles. The number of nitrogens with one attached hydrogen (secondary N) is 1. The first kappa shape index (κ1) is 16.8. The molecule has 0 aliphatic rings. The molecular formula is C20H21N3O2. The van der Waals surface area contributed by atoms with Crippen LogP contribution in [0.5, 0.6) is 5.75 Å². The van der Waals surface area contributed by atoms with Gasteiger partial charge in [-0.25, -0.2) is 0 Å². The largest absolute Gasteiger partial charge is 0.496 e. The zero-order chi connectivity index (χ0) is 17.8. The molecular weight excluding hydrogens is 314 g/mol. The minimum atomic E-state index is -0.201. The number of benzene rings is 2. The Morgan fingerprint density at radius 3 is 2.52 bits per heavy atom. The van der Waals surface area contributed by atoms with Crippen LogP contribution in [-0.4, -0.2) is 22.8 Å². The highest BCUT2D eigenvalue weighted by Crippen LogP contribution is 2.29. The molecule has 0 fully saturated rings. The van der Waals surface area contributed by atoms with E-state index in [0.29, 0.717) is 5.69 Å². The number of nitrogens with zero attached hydrogens (tertiary/aromatic N) is 2. The Balaban J connectivity index is 1.83. The van der Waals surface area contributed by atoms with E-state index >= 15 is 0 Å². The molecule has 0 saturated carbocycles. The molecule has 1 amide bonds. The van der Waals surface area contributed by atoms with Crippen LogP contribution in [0.4, 0.5) is 0 Å². The first-order valence-corrected chi connectivity index (χ1v) is 8.13. The highest BCUT2D eigenvalue weighted by atomic mass is 16.5.